The standard InChI is InChI=1S/C21H15F2N3O2S/c22-15-2-3-17(21(23)14(15)10-19(24)27)28-11-20-26-16-9-13(1-4-18(16)29-20)12-5-7-25-8-6-12/h1-9H,10-11H2,(H2,24,27). The van der Waals surface area contributed by atoms with Gasteiger partial charge in [0.2, 0.25) is 5.91 Å². The van der Waals surface area contributed by atoms with Crippen molar-refractivity contribution >= 4 is 27.5 Å². The maximum absolute atomic E-state index is 14.4. The van der Waals surface area contributed by atoms with E-state index in [1.54, 1.807) is 12.4 Å². The third kappa shape index (κ3) is 4.07. The normalized spacial score (nSPS) is 11.0. The molecule has 0 bridgehead atoms. The first kappa shape index (κ1) is 18.9. The third-order valence-corrected chi connectivity index (χ3v) is 5.31. The van der Waals surface area contributed by atoms with Crippen LogP contribution in [-0.2, 0) is 17.8 Å². The average molecular weight is 411 g/mol. The van der Waals surface area contributed by atoms with E-state index in [1.165, 1.54) is 17.4 Å². The first-order valence-electron chi connectivity index (χ1n) is 8.69. The Morgan fingerprint density at radius 1 is 1.07 bits per heavy atom. The summed E-state index contributed by atoms with van der Waals surface area (Å²) in [5, 5.41) is 0.645. The molecule has 0 spiro atoms. The van der Waals surface area contributed by atoms with Crippen molar-refractivity contribution in [3.8, 4) is 16.9 Å². The van der Waals surface area contributed by atoms with Crippen molar-refractivity contribution in [1.82, 2.24) is 9.97 Å². The number of fused-ring (bicyclic) bond motifs is 1. The Morgan fingerprint density at radius 3 is 2.62 bits per heavy atom. The number of hydrogen-bond acceptors (Lipinski definition) is 5. The molecule has 0 fully saturated rings. The van der Waals surface area contributed by atoms with E-state index in [0.29, 0.717) is 5.01 Å². The molecule has 0 aliphatic carbocycles. The van der Waals surface area contributed by atoms with Crippen molar-refractivity contribution < 1.29 is 18.3 Å². The van der Waals surface area contributed by atoms with Crippen molar-refractivity contribution in [2.24, 2.45) is 5.73 Å². The van der Waals surface area contributed by atoms with E-state index in [1.807, 2.05) is 30.3 Å². The number of carbonyl (C=O) groups excluding carboxylic acids is 1. The SMILES string of the molecule is NC(=O)Cc1c(F)ccc(OCc2nc3cc(-c4ccncc4)ccc3s2)c1F. The Bertz CT molecular complexity index is 1200. The lowest BCUT2D eigenvalue weighted by Gasteiger charge is -2.09. The summed E-state index contributed by atoms with van der Waals surface area (Å²) < 4.78 is 34.7. The molecular weight excluding hydrogens is 396 g/mol. The second kappa shape index (κ2) is 7.92. The van der Waals surface area contributed by atoms with Crippen molar-refractivity contribution in [3.05, 3.63) is 77.1 Å². The second-order valence-corrected chi connectivity index (χ2v) is 7.41. The summed E-state index contributed by atoms with van der Waals surface area (Å²) in [4.78, 5) is 19.6. The summed E-state index contributed by atoms with van der Waals surface area (Å²) in [6, 6.07) is 12.0. The molecule has 0 saturated carbocycles. The average Bonchev–Trinajstić information content (AvgIpc) is 3.13. The van der Waals surface area contributed by atoms with Gasteiger partial charge in [-0.15, -0.1) is 11.3 Å². The highest BCUT2D eigenvalue weighted by molar-refractivity contribution is 7.18. The van der Waals surface area contributed by atoms with Gasteiger partial charge in [0, 0.05) is 18.0 Å². The van der Waals surface area contributed by atoms with Crippen LogP contribution in [0.4, 0.5) is 8.78 Å². The van der Waals surface area contributed by atoms with Gasteiger partial charge >= 0.3 is 0 Å². The lowest BCUT2D eigenvalue weighted by atomic mass is 10.1. The first-order chi connectivity index (χ1) is 14.0. The quantitative estimate of drug-likeness (QED) is 0.515. The topological polar surface area (TPSA) is 78.1 Å². The number of ether oxygens (including phenoxy) is 1. The van der Waals surface area contributed by atoms with Gasteiger partial charge in [0.15, 0.2) is 11.6 Å². The number of halogens is 2. The number of carbonyl (C=O) groups is 1. The molecule has 2 aromatic heterocycles. The van der Waals surface area contributed by atoms with Crippen molar-refractivity contribution in [1.29, 1.82) is 0 Å². The van der Waals surface area contributed by atoms with Crippen molar-refractivity contribution in [2.75, 3.05) is 0 Å². The summed E-state index contributed by atoms with van der Waals surface area (Å²) in [5.74, 6) is -2.74. The fraction of sp³-hybridized carbons (Fsp3) is 0.0952. The molecule has 2 N–H and O–H groups in total. The minimum atomic E-state index is -0.926. The smallest absolute Gasteiger partial charge is 0.222 e. The third-order valence-electron chi connectivity index (χ3n) is 4.30. The molecule has 2 aromatic carbocycles. The lowest BCUT2D eigenvalue weighted by Crippen LogP contribution is -2.16. The maximum atomic E-state index is 14.4. The fourth-order valence-corrected chi connectivity index (χ4v) is 3.79. The van der Waals surface area contributed by atoms with E-state index in [9.17, 15) is 13.6 Å². The van der Waals surface area contributed by atoms with Gasteiger partial charge in [-0.25, -0.2) is 13.8 Å². The van der Waals surface area contributed by atoms with E-state index >= 15 is 0 Å². The zero-order valence-corrected chi connectivity index (χ0v) is 15.9. The van der Waals surface area contributed by atoms with Gasteiger partial charge in [0.25, 0.3) is 0 Å². The fourth-order valence-electron chi connectivity index (χ4n) is 2.92. The van der Waals surface area contributed by atoms with Crippen LogP contribution in [0, 0.1) is 11.6 Å². The molecule has 4 rings (SSSR count). The molecule has 0 saturated heterocycles. The maximum Gasteiger partial charge on any atom is 0.222 e. The minimum Gasteiger partial charge on any atom is -0.483 e. The minimum absolute atomic E-state index is 0.0164. The molecule has 0 unspecified atom stereocenters. The number of primary amides is 1. The molecule has 5 nitrogen and oxygen atoms in total. The Hall–Kier alpha value is -3.39. The van der Waals surface area contributed by atoms with E-state index in [0.717, 1.165) is 27.4 Å². The summed E-state index contributed by atoms with van der Waals surface area (Å²) in [5.41, 5.74) is 7.49. The predicted molar refractivity (Wildman–Crippen MR) is 106 cm³/mol. The molecule has 0 aliphatic heterocycles. The van der Waals surface area contributed by atoms with Crippen LogP contribution in [0.15, 0.2) is 54.9 Å². The van der Waals surface area contributed by atoms with Crippen LogP contribution in [0.3, 0.4) is 0 Å². The zero-order chi connectivity index (χ0) is 20.4. The molecule has 2 heterocycles. The number of hydrogen-bond donors (Lipinski definition) is 1. The van der Waals surface area contributed by atoms with Crippen LogP contribution in [0.1, 0.15) is 10.6 Å². The zero-order valence-electron chi connectivity index (χ0n) is 15.1. The summed E-state index contributed by atoms with van der Waals surface area (Å²) >= 11 is 1.43. The molecule has 0 atom stereocenters. The Morgan fingerprint density at radius 2 is 1.86 bits per heavy atom. The molecule has 0 aliphatic rings. The molecule has 146 valence electrons. The van der Waals surface area contributed by atoms with Crippen LogP contribution in [-0.4, -0.2) is 15.9 Å². The summed E-state index contributed by atoms with van der Waals surface area (Å²) in [7, 11) is 0. The number of aromatic nitrogens is 2. The molecule has 8 heteroatoms. The second-order valence-electron chi connectivity index (χ2n) is 6.30. The van der Waals surface area contributed by atoms with Crippen LogP contribution in [0.25, 0.3) is 21.3 Å². The molecule has 29 heavy (non-hydrogen) atoms. The Labute approximate surface area is 168 Å². The van der Waals surface area contributed by atoms with E-state index < -0.39 is 29.5 Å². The van der Waals surface area contributed by atoms with Gasteiger partial charge in [-0.3, -0.25) is 9.78 Å². The van der Waals surface area contributed by atoms with E-state index in [-0.39, 0.29) is 12.4 Å². The number of nitrogens with two attached hydrogens (primary N) is 1. The van der Waals surface area contributed by atoms with Crippen LogP contribution in [0.2, 0.25) is 0 Å². The van der Waals surface area contributed by atoms with Gasteiger partial charge in [-0.05, 0) is 47.5 Å². The number of thiazole rings is 1. The van der Waals surface area contributed by atoms with Crippen molar-refractivity contribution in [2.45, 2.75) is 13.0 Å². The Kier molecular flexibility index (Phi) is 5.18. The molecule has 0 radical (unpaired) electrons. The van der Waals surface area contributed by atoms with Crippen LogP contribution >= 0.6 is 11.3 Å². The molecule has 4 aromatic rings. The number of amides is 1. The van der Waals surface area contributed by atoms with E-state index in [4.69, 9.17) is 10.5 Å². The lowest BCUT2D eigenvalue weighted by molar-refractivity contribution is -0.117. The van der Waals surface area contributed by atoms with Crippen molar-refractivity contribution in [3.63, 3.8) is 0 Å². The first-order valence-corrected chi connectivity index (χ1v) is 9.51. The number of nitrogens with zero attached hydrogens (tertiary/aromatic N) is 2. The highest BCUT2D eigenvalue weighted by atomic mass is 32.1. The van der Waals surface area contributed by atoms with Gasteiger partial charge in [0.1, 0.15) is 17.4 Å². The van der Waals surface area contributed by atoms with Crippen LogP contribution in [0.5, 0.6) is 5.75 Å². The highest BCUT2D eigenvalue weighted by Crippen LogP contribution is 2.29. The summed E-state index contributed by atoms with van der Waals surface area (Å²) in [6.07, 6.45) is 2.92. The predicted octanol–water partition coefficient (Wildman–Crippen LogP) is 4.24. The van der Waals surface area contributed by atoms with Gasteiger partial charge < -0.3 is 10.5 Å². The molecular formula is C21H15F2N3O2S. The summed E-state index contributed by atoms with van der Waals surface area (Å²) in [6.45, 7) is 0.0164. The van der Waals surface area contributed by atoms with Gasteiger partial charge in [-0.2, -0.15) is 0 Å². The van der Waals surface area contributed by atoms with Gasteiger partial charge in [0.05, 0.1) is 16.6 Å². The molecule has 1 amide bonds. The number of rotatable bonds is 6. The van der Waals surface area contributed by atoms with Crippen LogP contribution < -0.4 is 10.5 Å². The number of benzene rings is 2. The van der Waals surface area contributed by atoms with E-state index in [2.05, 4.69) is 9.97 Å². The monoisotopic (exact) mass is 411 g/mol. The highest BCUT2D eigenvalue weighted by Gasteiger charge is 2.17. The Balaban J connectivity index is 1.55. The number of pyridine rings is 1. The largest absolute Gasteiger partial charge is 0.483 e. The van der Waals surface area contributed by atoms with Gasteiger partial charge in [-0.1, -0.05) is 6.07 Å².